The van der Waals surface area contributed by atoms with E-state index < -0.39 is 11.9 Å². The molecule has 0 saturated carbocycles. The van der Waals surface area contributed by atoms with E-state index in [1.54, 1.807) is 0 Å². The number of methoxy groups -OCH3 is 2. The van der Waals surface area contributed by atoms with Crippen molar-refractivity contribution >= 4 is 34.1 Å². The number of hydrogen-bond donors (Lipinski definition) is 0. The first-order valence-corrected chi connectivity index (χ1v) is 6.45. The van der Waals surface area contributed by atoms with E-state index in [9.17, 15) is 13.2 Å². The number of halogens is 5. The molecule has 0 atom stereocenters. The Kier molecular flexibility index (Phi) is 4.13. The van der Waals surface area contributed by atoms with Gasteiger partial charge in [-0.3, -0.25) is 0 Å². The minimum absolute atomic E-state index is 0.0637. The van der Waals surface area contributed by atoms with E-state index in [1.165, 1.54) is 27.2 Å². The molecule has 1 aromatic carbocycles. The van der Waals surface area contributed by atoms with E-state index in [0.717, 1.165) is 0 Å². The molecule has 8 heteroatoms. The lowest BCUT2D eigenvalue weighted by Gasteiger charge is -2.16. The fourth-order valence-corrected chi connectivity index (χ4v) is 2.62. The van der Waals surface area contributed by atoms with Crippen LogP contribution < -0.4 is 9.47 Å². The monoisotopic (exact) mass is 339 g/mol. The SMILES string of the molecule is COc1cc(OC)c2nc(C(F)(F)F)c(C)c(Cl)c2c1Cl. The first-order valence-electron chi connectivity index (χ1n) is 5.69. The number of alkyl halides is 3. The average Bonchev–Trinajstić information content (AvgIpc) is 2.41. The molecule has 0 aliphatic carbocycles. The van der Waals surface area contributed by atoms with Crippen molar-refractivity contribution in [2.24, 2.45) is 0 Å². The summed E-state index contributed by atoms with van der Waals surface area (Å²) in [6, 6.07) is 1.36. The Morgan fingerprint density at radius 1 is 1.05 bits per heavy atom. The van der Waals surface area contributed by atoms with Crippen LogP contribution in [0.15, 0.2) is 6.07 Å². The Morgan fingerprint density at radius 3 is 2.10 bits per heavy atom. The summed E-state index contributed by atoms with van der Waals surface area (Å²) in [5, 5.41) is 0.122. The summed E-state index contributed by atoms with van der Waals surface area (Å²) in [7, 11) is 2.69. The predicted molar refractivity (Wildman–Crippen MR) is 74.6 cm³/mol. The van der Waals surface area contributed by atoms with E-state index in [4.69, 9.17) is 32.7 Å². The first-order chi connectivity index (χ1) is 9.72. The lowest BCUT2D eigenvalue weighted by Crippen LogP contribution is -2.11. The second-order valence-electron chi connectivity index (χ2n) is 4.22. The standard InChI is InChI=1S/C13H10Cl2F3NO2/c1-5-9(14)8-10(15)6(20-2)4-7(21-3)11(8)19-12(5)13(16,17)18/h4H,1-3H3. The Morgan fingerprint density at radius 2 is 1.62 bits per heavy atom. The fourth-order valence-electron chi connectivity index (χ4n) is 1.98. The van der Waals surface area contributed by atoms with E-state index in [0.29, 0.717) is 0 Å². The number of ether oxygens (including phenoxy) is 2. The number of nitrogens with zero attached hydrogens (tertiary/aromatic N) is 1. The van der Waals surface area contributed by atoms with Gasteiger partial charge in [-0.25, -0.2) is 4.98 Å². The van der Waals surface area contributed by atoms with Crippen LogP contribution in [0.4, 0.5) is 13.2 Å². The highest BCUT2D eigenvalue weighted by Crippen LogP contribution is 2.45. The lowest BCUT2D eigenvalue weighted by molar-refractivity contribution is -0.141. The molecule has 114 valence electrons. The molecule has 0 N–H and O–H groups in total. The van der Waals surface area contributed by atoms with E-state index in [-0.39, 0.29) is 38.0 Å². The van der Waals surface area contributed by atoms with Crippen LogP contribution in [0.5, 0.6) is 11.5 Å². The minimum atomic E-state index is -4.63. The summed E-state index contributed by atoms with van der Waals surface area (Å²) < 4.78 is 49.2. The first kappa shape index (κ1) is 16.0. The molecule has 0 aliphatic heterocycles. The fraction of sp³-hybridized carbons (Fsp3) is 0.308. The quantitative estimate of drug-likeness (QED) is 0.780. The van der Waals surface area contributed by atoms with Gasteiger partial charge in [-0.15, -0.1) is 0 Å². The van der Waals surface area contributed by atoms with Crippen molar-refractivity contribution in [3.8, 4) is 11.5 Å². The molecule has 0 spiro atoms. The summed E-state index contributed by atoms with van der Waals surface area (Å²) >= 11 is 12.2. The van der Waals surface area contributed by atoms with Gasteiger partial charge < -0.3 is 9.47 Å². The molecule has 0 unspecified atom stereocenters. The highest BCUT2D eigenvalue weighted by Gasteiger charge is 2.36. The molecule has 21 heavy (non-hydrogen) atoms. The van der Waals surface area contributed by atoms with Crippen molar-refractivity contribution in [2.75, 3.05) is 14.2 Å². The third-order valence-electron chi connectivity index (χ3n) is 3.00. The van der Waals surface area contributed by atoms with E-state index >= 15 is 0 Å². The molecular formula is C13H10Cl2F3NO2. The van der Waals surface area contributed by atoms with Crippen LogP contribution in [0.2, 0.25) is 10.0 Å². The van der Waals surface area contributed by atoms with Crippen molar-refractivity contribution in [3.63, 3.8) is 0 Å². The normalized spacial score (nSPS) is 11.8. The molecule has 0 bridgehead atoms. The summed E-state index contributed by atoms with van der Waals surface area (Å²) in [5.74, 6) is 0.336. The third-order valence-corrected chi connectivity index (χ3v) is 3.85. The van der Waals surface area contributed by atoms with Gasteiger partial charge in [-0.05, 0) is 12.5 Å². The maximum atomic E-state index is 13.0. The zero-order valence-electron chi connectivity index (χ0n) is 11.2. The number of pyridine rings is 1. The molecule has 0 aliphatic rings. The number of aromatic nitrogens is 1. The van der Waals surface area contributed by atoms with Gasteiger partial charge in [-0.2, -0.15) is 13.2 Å². The molecule has 0 saturated heterocycles. The van der Waals surface area contributed by atoms with Gasteiger partial charge in [0.1, 0.15) is 22.7 Å². The number of rotatable bonds is 2. The average molecular weight is 340 g/mol. The molecule has 1 aromatic heterocycles. The highest BCUT2D eigenvalue weighted by molar-refractivity contribution is 6.43. The van der Waals surface area contributed by atoms with Gasteiger partial charge in [0.2, 0.25) is 0 Å². The Bertz CT molecular complexity index is 717. The van der Waals surface area contributed by atoms with Crippen LogP contribution in [0.1, 0.15) is 11.3 Å². The van der Waals surface area contributed by atoms with Crippen LogP contribution in [0, 0.1) is 6.92 Å². The molecular weight excluding hydrogens is 330 g/mol. The summed E-state index contributed by atoms with van der Waals surface area (Å²) in [6.07, 6.45) is -4.63. The van der Waals surface area contributed by atoms with Crippen LogP contribution >= 0.6 is 23.2 Å². The number of hydrogen-bond acceptors (Lipinski definition) is 3. The van der Waals surface area contributed by atoms with Crippen LogP contribution in [0.25, 0.3) is 10.9 Å². The molecule has 2 rings (SSSR count). The van der Waals surface area contributed by atoms with E-state index in [2.05, 4.69) is 4.98 Å². The van der Waals surface area contributed by atoms with Crippen LogP contribution in [0.3, 0.4) is 0 Å². The summed E-state index contributed by atoms with van der Waals surface area (Å²) in [4.78, 5) is 3.64. The lowest BCUT2D eigenvalue weighted by atomic mass is 10.1. The maximum absolute atomic E-state index is 13.0. The van der Waals surface area contributed by atoms with E-state index in [1.807, 2.05) is 0 Å². The maximum Gasteiger partial charge on any atom is 0.433 e. The van der Waals surface area contributed by atoms with Gasteiger partial charge in [-0.1, -0.05) is 23.2 Å². The molecule has 2 aromatic rings. The van der Waals surface area contributed by atoms with Crippen LogP contribution in [-0.4, -0.2) is 19.2 Å². The van der Waals surface area contributed by atoms with Crippen LogP contribution in [-0.2, 0) is 6.18 Å². The zero-order chi connectivity index (χ0) is 15.9. The molecule has 0 amide bonds. The van der Waals surface area contributed by atoms with Crippen molar-refractivity contribution in [1.82, 2.24) is 4.98 Å². The second-order valence-corrected chi connectivity index (χ2v) is 4.97. The molecule has 0 fully saturated rings. The van der Waals surface area contributed by atoms with Gasteiger partial charge in [0, 0.05) is 11.5 Å². The van der Waals surface area contributed by atoms with Gasteiger partial charge in [0.25, 0.3) is 0 Å². The minimum Gasteiger partial charge on any atom is -0.495 e. The Balaban J connectivity index is 3.00. The van der Waals surface area contributed by atoms with Crippen molar-refractivity contribution in [2.45, 2.75) is 13.1 Å². The number of fused-ring (bicyclic) bond motifs is 1. The van der Waals surface area contributed by atoms with Crippen molar-refractivity contribution in [3.05, 3.63) is 27.4 Å². The van der Waals surface area contributed by atoms with Crippen molar-refractivity contribution in [1.29, 1.82) is 0 Å². The zero-order valence-corrected chi connectivity index (χ0v) is 12.7. The molecule has 3 nitrogen and oxygen atoms in total. The van der Waals surface area contributed by atoms with Gasteiger partial charge in [0.05, 0.1) is 24.3 Å². The smallest absolute Gasteiger partial charge is 0.433 e. The molecule has 1 heterocycles. The summed E-state index contributed by atoms with van der Waals surface area (Å²) in [5.41, 5.74) is -1.33. The second kappa shape index (κ2) is 5.42. The largest absolute Gasteiger partial charge is 0.495 e. The Labute approximate surface area is 128 Å². The third kappa shape index (κ3) is 2.58. The van der Waals surface area contributed by atoms with Crippen molar-refractivity contribution < 1.29 is 22.6 Å². The van der Waals surface area contributed by atoms with Gasteiger partial charge >= 0.3 is 6.18 Å². The highest BCUT2D eigenvalue weighted by atomic mass is 35.5. The van der Waals surface area contributed by atoms with Gasteiger partial charge in [0.15, 0.2) is 0 Å². The predicted octanol–water partition coefficient (Wildman–Crippen LogP) is 4.89. The summed E-state index contributed by atoms with van der Waals surface area (Å²) in [6.45, 7) is 1.24. The number of benzene rings is 1. The topological polar surface area (TPSA) is 31.4 Å². The Hall–Kier alpha value is -1.40. The molecule has 0 radical (unpaired) electrons.